The predicted molar refractivity (Wildman–Crippen MR) is 105 cm³/mol. The second kappa shape index (κ2) is 6.96. The summed E-state index contributed by atoms with van der Waals surface area (Å²) in [5.41, 5.74) is 2.38. The normalized spacial score (nSPS) is 20.5. The van der Waals surface area contributed by atoms with Gasteiger partial charge in [0, 0.05) is 29.9 Å². The van der Waals surface area contributed by atoms with Crippen LogP contribution in [0.25, 0.3) is 16.8 Å². The number of fused-ring (bicyclic) bond motifs is 3. The van der Waals surface area contributed by atoms with Crippen molar-refractivity contribution in [3.63, 3.8) is 0 Å². The first kappa shape index (κ1) is 16.9. The van der Waals surface area contributed by atoms with Gasteiger partial charge in [-0.15, -0.1) is 11.8 Å². The minimum absolute atomic E-state index is 0.697. The molecule has 1 saturated heterocycles. The fourth-order valence-corrected chi connectivity index (χ4v) is 4.89. The van der Waals surface area contributed by atoms with Crippen molar-refractivity contribution in [2.24, 2.45) is 0 Å². The number of hydrogen-bond acceptors (Lipinski definition) is 3. The molecule has 6 heteroatoms. The van der Waals surface area contributed by atoms with Crippen LogP contribution in [0.1, 0.15) is 19.7 Å². The largest absolute Gasteiger partial charge is 0.482 e. The van der Waals surface area contributed by atoms with Crippen LogP contribution < -0.4 is 4.57 Å². The lowest BCUT2D eigenvalue weighted by Gasteiger charge is -2.16. The maximum atomic E-state index is 6.24. The minimum atomic E-state index is 0.697. The summed E-state index contributed by atoms with van der Waals surface area (Å²) in [6, 6.07) is 6.13. The standard InChI is InChI=1S/C19H23ClN3OS/c1-3-21-10-12-25-18(21)8-7-17-19-22(4-2)16-13-14(20)5-6-15(16)23(19)9-11-24-17/h5-8,13H,3-4,9-12H2,1-2H3/q+1. The number of allylic oxidation sites excluding steroid dienone is 2. The van der Waals surface area contributed by atoms with Crippen molar-refractivity contribution in [3.05, 3.63) is 46.2 Å². The molecule has 0 saturated carbocycles. The number of nitrogens with zero attached hydrogens (tertiary/aromatic N) is 3. The SMILES string of the molecule is CCN1CCSC1=CC=C1OCC[n+]2c1n(CC)c1cc(Cl)ccc12. The van der Waals surface area contributed by atoms with Gasteiger partial charge in [0.05, 0.1) is 11.6 Å². The molecule has 0 spiro atoms. The second-order valence-corrected chi connectivity index (χ2v) is 7.72. The number of benzene rings is 1. The van der Waals surface area contributed by atoms with Gasteiger partial charge in [-0.1, -0.05) is 11.6 Å². The molecule has 4 nitrogen and oxygen atoms in total. The number of imidazole rings is 1. The number of thioether (sulfide) groups is 1. The Bertz CT molecular complexity index is 871. The average molecular weight is 377 g/mol. The third-order valence-corrected chi connectivity index (χ3v) is 6.13. The third kappa shape index (κ3) is 2.93. The molecule has 0 unspecified atom stereocenters. The molecule has 1 aromatic heterocycles. The molecular weight excluding hydrogens is 354 g/mol. The van der Waals surface area contributed by atoms with E-state index in [0.717, 1.165) is 48.5 Å². The van der Waals surface area contributed by atoms with Crippen molar-refractivity contribution in [1.82, 2.24) is 9.47 Å². The highest BCUT2D eigenvalue weighted by atomic mass is 35.5. The number of halogens is 1. The average Bonchev–Trinajstić information content (AvgIpc) is 3.21. The van der Waals surface area contributed by atoms with Gasteiger partial charge >= 0.3 is 5.82 Å². The van der Waals surface area contributed by atoms with Crippen LogP contribution >= 0.6 is 23.4 Å². The van der Waals surface area contributed by atoms with Crippen molar-refractivity contribution in [2.75, 3.05) is 25.4 Å². The van der Waals surface area contributed by atoms with Gasteiger partial charge < -0.3 is 9.64 Å². The second-order valence-electron chi connectivity index (χ2n) is 6.16. The smallest absolute Gasteiger partial charge is 0.325 e. The highest BCUT2D eigenvalue weighted by molar-refractivity contribution is 8.03. The molecule has 4 rings (SSSR count). The van der Waals surface area contributed by atoms with E-state index in [9.17, 15) is 0 Å². The predicted octanol–water partition coefficient (Wildman–Crippen LogP) is 3.88. The van der Waals surface area contributed by atoms with E-state index in [1.165, 1.54) is 16.1 Å². The molecule has 0 amide bonds. The molecule has 0 N–H and O–H groups in total. The Balaban J connectivity index is 1.83. The van der Waals surface area contributed by atoms with Crippen LogP contribution in [0.2, 0.25) is 5.02 Å². The monoisotopic (exact) mass is 376 g/mol. The van der Waals surface area contributed by atoms with Crippen LogP contribution in [0.15, 0.2) is 35.4 Å². The Hall–Kier alpha value is -1.59. The molecule has 0 aliphatic carbocycles. The Morgan fingerprint density at radius 2 is 2.16 bits per heavy atom. The van der Waals surface area contributed by atoms with Crippen LogP contribution in [-0.4, -0.2) is 34.9 Å². The maximum Gasteiger partial charge on any atom is 0.325 e. The first-order valence-corrected chi connectivity index (χ1v) is 10.2. The van der Waals surface area contributed by atoms with Gasteiger partial charge in [0.15, 0.2) is 11.0 Å². The van der Waals surface area contributed by atoms with E-state index in [-0.39, 0.29) is 0 Å². The van der Waals surface area contributed by atoms with Crippen LogP contribution in [0.4, 0.5) is 0 Å². The molecule has 0 radical (unpaired) electrons. The topological polar surface area (TPSA) is 21.3 Å². The van der Waals surface area contributed by atoms with Crippen molar-refractivity contribution in [2.45, 2.75) is 26.9 Å². The molecule has 0 bridgehead atoms. The highest BCUT2D eigenvalue weighted by Crippen LogP contribution is 2.29. The van der Waals surface area contributed by atoms with Crippen molar-refractivity contribution in [1.29, 1.82) is 0 Å². The van der Waals surface area contributed by atoms with E-state index in [1.54, 1.807) is 0 Å². The molecule has 1 aromatic carbocycles. The van der Waals surface area contributed by atoms with Gasteiger partial charge in [0.2, 0.25) is 5.76 Å². The lowest BCUT2D eigenvalue weighted by Crippen LogP contribution is -2.43. The zero-order chi connectivity index (χ0) is 17.4. The van der Waals surface area contributed by atoms with E-state index < -0.39 is 0 Å². The Kier molecular flexibility index (Phi) is 4.69. The zero-order valence-electron chi connectivity index (χ0n) is 14.7. The number of rotatable bonds is 3. The van der Waals surface area contributed by atoms with Crippen LogP contribution in [0.5, 0.6) is 0 Å². The van der Waals surface area contributed by atoms with E-state index in [4.69, 9.17) is 16.3 Å². The van der Waals surface area contributed by atoms with Crippen LogP contribution in [-0.2, 0) is 17.8 Å². The molecule has 3 heterocycles. The van der Waals surface area contributed by atoms with Crippen molar-refractivity contribution < 1.29 is 9.30 Å². The van der Waals surface area contributed by atoms with E-state index in [1.807, 2.05) is 23.9 Å². The van der Waals surface area contributed by atoms with E-state index >= 15 is 0 Å². The summed E-state index contributed by atoms with van der Waals surface area (Å²) in [6.07, 6.45) is 4.34. The fraction of sp³-hybridized carbons (Fsp3) is 0.421. The summed E-state index contributed by atoms with van der Waals surface area (Å²) in [7, 11) is 0. The van der Waals surface area contributed by atoms with Gasteiger partial charge in [-0.05, 0) is 38.1 Å². The summed E-state index contributed by atoms with van der Waals surface area (Å²) < 4.78 is 10.7. The van der Waals surface area contributed by atoms with Gasteiger partial charge in [-0.2, -0.15) is 0 Å². The number of aryl methyl sites for hydroxylation is 1. The van der Waals surface area contributed by atoms with Gasteiger partial charge in [0.25, 0.3) is 0 Å². The Labute approximate surface area is 157 Å². The lowest BCUT2D eigenvalue weighted by molar-refractivity contribution is -0.682. The zero-order valence-corrected chi connectivity index (χ0v) is 16.2. The quantitative estimate of drug-likeness (QED) is 0.758. The van der Waals surface area contributed by atoms with Gasteiger partial charge in [0.1, 0.15) is 13.2 Å². The Morgan fingerprint density at radius 1 is 1.28 bits per heavy atom. The molecular formula is C19H23ClN3OS+. The molecule has 132 valence electrons. The van der Waals surface area contributed by atoms with Crippen molar-refractivity contribution >= 4 is 40.2 Å². The Morgan fingerprint density at radius 3 is 2.96 bits per heavy atom. The van der Waals surface area contributed by atoms with Crippen LogP contribution in [0, 0.1) is 0 Å². The maximum absolute atomic E-state index is 6.24. The van der Waals surface area contributed by atoms with Gasteiger partial charge in [-0.25, -0.2) is 9.13 Å². The number of aromatic nitrogens is 2. The number of ether oxygens (including phenoxy) is 1. The highest BCUT2D eigenvalue weighted by Gasteiger charge is 2.31. The minimum Gasteiger partial charge on any atom is -0.482 e. The van der Waals surface area contributed by atoms with E-state index in [2.05, 4.69) is 46.1 Å². The third-order valence-electron chi connectivity index (χ3n) is 4.82. The summed E-state index contributed by atoms with van der Waals surface area (Å²) >= 11 is 8.16. The van der Waals surface area contributed by atoms with E-state index in [0.29, 0.717) is 6.61 Å². The molecule has 1 fully saturated rings. The summed E-state index contributed by atoms with van der Waals surface area (Å²) in [5.74, 6) is 3.24. The van der Waals surface area contributed by atoms with Crippen molar-refractivity contribution in [3.8, 4) is 0 Å². The molecule has 2 aromatic rings. The molecule has 2 aliphatic rings. The first-order chi connectivity index (χ1) is 12.2. The van der Waals surface area contributed by atoms with Crippen LogP contribution in [0.3, 0.4) is 0 Å². The summed E-state index contributed by atoms with van der Waals surface area (Å²) in [4.78, 5) is 2.41. The van der Waals surface area contributed by atoms with Gasteiger partial charge in [-0.3, -0.25) is 0 Å². The first-order valence-electron chi connectivity index (χ1n) is 8.87. The summed E-state index contributed by atoms with van der Waals surface area (Å²) in [5, 5.41) is 2.10. The number of hydrogen-bond donors (Lipinski definition) is 0. The summed E-state index contributed by atoms with van der Waals surface area (Å²) in [6.45, 7) is 8.99. The lowest BCUT2D eigenvalue weighted by atomic mass is 10.3. The molecule has 25 heavy (non-hydrogen) atoms. The molecule has 0 atom stereocenters. The molecule has 2 aliphatic heterocycles. The fourth-order valence-electron chi connectivity index (χ4n) is 3.64.